The number of nitro groups is 1. The van der Waals surface area contributed by atoms with E-state index < -0.39 is 4.92 Å². The van der Waals surface area contributed by atoms with Gasteiger partial charge in [0.15, 0.2) is 0 Å². The van der Waals surface area contributed by atoms with E-state index in [2.05, 4.69) is 15.3 Å². The van der Waals surface area contributed by atoms with Gasteiger partial charge in [-0.1, -0.05) is 11.6 Å². The summed E-state index contributed by atoms with van der Waals surface area (Å²) in [5, 5.41) is 24.4. The molecule has 2 N–H and O–H groups in total. The van der Waals surface area contributed by atoms with Gasteiger partial charge < -0.3 is 10.4 Å². The standard InChI is InChI=1S/C15H12N4O3/c1-9-2-4-12-11(6-9)15(17-8-16-12)18-13-7-10(19(21)22)3-5-14(13)20/h2-8,20H,1H3,(H,16,17,18). The molecular weight excluding hydrogens is 284 g/mol. The molecule has 3 aromatic rings. The molecule has 0 fully saturated rings. The van der Waals surface area contributed by atoms with Crippen molar-refractivity contribution >= 4 is 28.1 Å². The molecule has 0 unspecified atom stereocenters. The summed E-state index contributed by atoms with van der Waals surface area (Å²) in [6.45, 7) is 1.95. The molecule has 7 heteroatoms. The summed E-state index contributed by atoms with van der Waals surface area (Å²) in [4.78, 5) is 18.7. The van der Waals surface area contributed by atoms with Crippen molar-refractivity contribution in [3.63, 3.8) is 0 Å². The summed E-state index contributed by atoms with van der Waals surface area (Å²) in [5.74, 6) is 0.384. The number of anilines is 2. The molecule has 2 aromatic carbocycles. The number of aromatic hydroxyl groups is 1. The molecule has 0 saturated heterocycles. The minimum absolute atomic E-state index is 0.0926. The van der Waals surface area contributed by atoms with Crippen LogP contribution < -0.4 is 5.32 Å². The van der Waals surface area contributed by atoms with E-state index >= 15 is 0 Å². The molecule has 22 heavy (non-hydrogen) atoms. The van der Waals surface area contributed by atoms with Crippen LogP contribution in [0.2, 0.25) is 0 Å². The second-order valence-corrected chi connectivity index (χ2v) is 4.83. The summed E-state index contributed by atoms with van der Waals surface area (Å²) in [7, 11) is 0. The number of hydrogen-bond donors (Lipinski definition) is 2. The smallest absolute Gasteiger partial charge is 0.271 e. The Labute approximate surface area is 125 Å². The first-order valence-corrected chi connectivity index (χ1v) is 6.50. The fraction of sp³-hybridized carbons (Fsp3) is 0.0667. The number of aromatic nitrogens is 2. The topological polar surface area (TPSA) is 101 Å². The Morgan fingerprint density at radius 1 is 1.18 bits per heavy atom. The molecule has 1 aromatic heterocycles. The van der Waals surface area contributed by atoms with E-state index in [4.69, 9.17) is 0 Å². The van der Waals surface area contributed by atoms with Crippen LogP contribution in [0.4, 0.5) is 17.2 Å². The lowest BCUT2D eigenvalue weighted by molar-refractivity contribution is -0.384. The van der Waals surface area contributed by atoms with E-state index in [1.165, 1.54) is 24.5 Å². The average molecular weight is 296 g/mol. The van der Waals surface area contributed by atoms with Crippen molar-refractivity contribution in [1.29, 1.82) is 0 Å². The molecule has 0 saturated carbocycles. The molecule has 110 valence electrons. The summed E-state index contributed by atoms with van der Waals surface area (Å²) < 4.78 is 0. The van der Waals surface area contributed by atoms with Gasteiger partial charge in [-0.2, -0.15) is 0 Å². The quantitative estimate of drug-likeness (QED) is 0.437. The van der Waals surface area contributed by atoms with Crippen molar-refractivity contribution < 1.29 is 10.0 Å². The minimum Gasteiger partial charge on any atom is -0.506 e. The van der Waals surface area contributed by atoms with Crippen LogP contribution >= 0.6 is 0 Å². The van der Waals surface area contributed by atoms with E-state index in [-0.39, 0.29) is 17.1 Å². The van der Waals surface area contributed by atoms with Crippen LogP contribution in [-0.4, -0.2) is 20.0 Å². The highest BCUT2D eigenvalue weighted by Crippen LogP contribution is 2.32. The number of rotatable bonds is 3. The van der Waals surface area contributed by atoms with Crippen molar-refractivity contribution in [2.24, 2.45) is 0 Å². The van der Waals surface area contributed by atoms with Gasteiger partial charge in [0.25, 0.3) is 5.69 Å². The van der Waals surface area contributed by atoms with Gasteiger partial charge >= 0.3 is 0 Å². The summed E-state index contributed by atoms with van der Waals surface area (Å²) in [6, 6.07) is 9.48. The number of nitrogens with one attached hydrogen (secondary N) is 1. The number of benzene rings is 2. The van der Waals surface area contributed by atoms with Crippen LogP contribution in [0.1, 0.15) is 5.56 Å². The molecule has 0 bridgehead atoms. The van der Waals surface area contributed by atoms with Gasteiger partial charge in [0.05, 0.1) is 16.1 Å². The van der Waals surface area contributed by atoms with Crippen molar-refractivity contribution in [1.82, 2.24) is 9.97 Å². The first kappa shape index (κ1) is 13.7. The van der Waals surface area contributed by atoms with E-state index in [0.717, 1.165) is 16.5 Å². The first-order chi connectivity index (χ1) is 10.5. The molecule has 0 aliphatic heterocycles. The summed E-state index contributed by atoms with van der Waals surface area (Å²) >= 11 is 0. The number of nitrogens with zero attached hydrogens (tertiary/aromatic N) is 3. The fourth-order valence-corrected chi connectivity index (χ4v) is 2.14. The van der Waals surface area contributed by atoms with Gasteiger partial charge in [0.1, 0.15) is 17.9 Å². The zero-order valence-electron chi connectivity index (χ0n) is 11.6. The number of phenols is 1. The first-order valence-electron chi connectivity index (χ1n) is 6.50. The Kier molecular flexibility index (Phi) is 3.30. The number of hydrogen-bond acceptors (Lipinski definition) is 6. The Hall–Kier alpha value is -3.22. The molecular formula is C15H12N4O3. The minimum atomic E-state index is -0.521. The van der Waals surface area contributed by atoms with Crippen molar-refractivity contribution in [3.8, 4) is 5.75 Å². The van der Waals surface area contributed by atoms with Gasteiger partial charge in [-0.15, -0.1) is 0 Å². The molecule has 0 amide bonds. The van der Waals surface area contributed by atoms with Crippen LogP contribution in [0, 0.1) is 17.0 Å². The second kappa shape index (κ2) is 5.28. The molecule has 1 heterocycles. The lowest BCUT2D eigenvalue weighted by Gasteiger charge is -2.10. The lowest BCUT2D eigenvalue weighted by atomic mass is 10.1. The Morgan fingerprint density at radius 3 is 2.77 bits per heavy atom. The summed E-state index contributed by atoms with van der Waals surface area (Å²) in [6.07, 6.45) is 1.40. The van der Waals surface area contributed by atoms with Crippen molar-refractivity contribution in [3.05, 3.63) is 58.4 Å². The van der Waals surface area contributed by atoms with Crippen LogP contribution in [0.3, 0.4) is 0 Å². The van der Waals surface area contributed by atoms with Gasteiger partial charge in [0, 0.05) is 17.5 Å². The van der Waals surface area contributed by atoms with E-state index in [9.17, 15) is 15.2 Å². The molecule has 7 nitrogen and oxygen atoms in total. The number of non-ortho nitro benzene ring substituents is 1. The maximum Gasteiger partial charge on any atom is 0.271 e. The van der Waals surface area contributed by atoms with Crippen LogP contribution in [0.15, 0.2) is 42.7 Å². The number of phenolic OH excluding ortho intramolecular Hbond substituents is 1. The maximum atomic E-state index is 10.8. The number of aryl methyl sites for hydroxylation is 1. The predicted octanol–water partition coefficient (Wildman–Crippen LogP) is 3.30. The average Bonchev–Trinajstić information content (AvgIpc) is 2.49. The van der Waals surface area contributed by atoms with Crippen LogP contribution in [0.5, 0.6) is 5.75 Å². The molecule has 0 radical (unpaired) electrons. The SMILES string of the molecule is Cc1ccc2ncnc(Nc3cc([N+](=O)[O-])ccc3O)c2c1. The third kappa shape index (κ3) is 2.51. The second-order valence-electron chi connectivity index (χ2n) is 4.83. The zero-order valence-corrected chi connectivity index (χ0v) is 11.6. The molecule has 0 aliphatic rings. The fourth-order valence-electron chi connectivity index (χ4n) is 2.14. The zero-order chi connectivity index (χ0) is 15.7. The Morgan fingerprint density at radius 2 is 2.00 bits per heavy atom. The third-order valence-electron chi connectivity index (χ3n) is 3.23. The Balaban J connectivity index is 2.09. The van der Waals surface area contributed by atoms with Gasteiger partial charge in [-0.25, -0.2) is 9.97 Å². The van der Waals surface area contributed by atoms with Crippen LogP contribution in [-0.2, 0) is 0 Å². The largest absolute Gasteiger partial charge is 0.506 e. The highest BCUT2D eigenvalue weighted by molar-refractivity contribution is 5.91. The number of fused-ring (bicyclic) bond motifs is 1. The maximum absolute atomic E-state index is 10.8. The molecule has 0 spiro atoms. The van der Waals surface area contributed by atoms with E-state index in [1.54, 1.807) is 0 Å². The lowest BCUT2D eigenvalue weighted by Crippen LogP contribution is -1.98. The van der Waals surface area contributed by atoms with Gasteiger partial charge in [-0.3, -0.25) is 10.1 Å². The van der Waals surface area contributed by atoms with Crippen LogP contribution in [0.25, 0.3) is 10.9 Å². The molecule has 0 aliphatic carbocycles. The number of nitro benzene ring substituents is 1. The molecule has 0 atom stereocenters. The Bertz CT molecular complexity index is 880. The van der Waals surface area contributed by atoms with Crippen molar-refractivity contribution in [2.45, 2.75) is 6.92 Å². The monoisotopic (exact) mass is 296 g/mol. The van der Waals surface area contributed by atoms with Gasteiger partial charge in [0.2, 0.25) is 0 Å². The normalized spacial score (nSPS) is 10.6. The summed E-state index contributed by atoms with van der Waals surface area (Å²) in [5.41, 5.74) is 1.88. The van der Waals surface area contributed by atoms with Gasteiger partial charge in [-0.05, 0) is 25.1 Å². The molecule has 3 rings (SSSR count). The van der Waals surface area contributed by atoms with E-state index in [0.29, 0.717) is 5.82 Å². The highest BCUT2D eigenvalue weighted by atomic mass is 16.6. The van der Waals surface area contributed by atoms with E-state index in [1.807, 2.05) is 25.1 Å². The third-order valence-corrected chi connectivity index (χ3v) is 3.23. The highest BCUT2D eigenvalue weighted by Gasteiger charge is 2.12. The van der Waals surface area contributed by atoms with Crippen molar-refractivity contribution in [2.75, 3.05) is 5.32 Å². The predicted molar refractivity (Wildman–Crippen MR) is 82.3 cm³/mol.